The van der Waals surface area contributed by atoms with Gasteiger partial charge in [-0.2, -0.15) is 0 Å². The second-order valence-electron chi connectivity index (χ2n) is 5.21. The summed E-state index contributed by atoms with van der Waals surface area (Å²) >= 11 is 0. The van der Waals surface area contributed by atoms with Crippen molar-refractivity contribution in [2.45, 2.75) is 32.3 Å². The number of aliphatic hydroxyl groups excluding tert-OH is 1. The fraction of sp³-hybridized carbons (Fsp3) is 0.375. The zero-order valence-electron chi connectivity index (χ0n) is 10.2. The minimum Gasteiger partial charge on any atom is -0.388 e. The van der Waals surface area contributed by atoms with E-state index in [0.717, 1.165) is 17.9 Å². The number of hydrogen-bond donors (Lipinski definition) is 1. The molecule has 0 aliphatic heterocycles. The normalized spacial score (nSPS) is 17.3. The van der Waals surface area contributed by atoms with E-state index >= 15 is 0 Å². The molecule has 0 bridgehead atoms. The molecule has 1 nitrogen and oxygen atoms in total. The van der Waals surface area contributed by atoms with Crippen molar-refractivity contribution in [3.05, 3.63) is 47.5 Å². The lowest BCUT2D eigenvalue weighted by atomic mass is 9.93. The Bertz CT molecular complexity index is 540. The van der Waals surface area contributed by atoms with E-state index in [0.29, 0.717) is 0 Å². The topological polar surface area (TPSA) is 20.2 Å². The molecule has 88 valence electrons. The third-order valence-electron chi connectivity index (χ3n) is 3.78. The molecule has 3 rings (SSSR count). The van der Waals surface area contributed by atoms with Crippen LogP contribution in [-0.4, -0.2) is 5.11 Å². The first-order valence-electron chi connectivity index (χ1n) is 6.42. The van der Waals surface area contributed by atoms with Gasteiger partial charge in [-0.3, -0.25) is 0 Å². The van der Waals surface area contributed by atoms with Crippen molar-refractivity contribution in [1.29, 1.82) is 0 Å². The van der Waals surface area contributed by atoms with Crippen molar-refractivity contribution < 1.29 is 5.11 Å². The maximum absolute atomic E-state index is 10.4. The lowest BCUT2D eigenvalue weighted by molar-refractivity contribution is 0.161. The first-order valence-corrected chi connectivity index (χ1v) is 6.42. The lowest BCUT2D eigenvalue weighted by Gasteiger charge is -2.16. The fourth-order valence-electron chi connectivity index (χ4n) is 2.63. The second-order valence-corrected chi connectivity index (χ2v) is 5.21. The zero-order chi connectivity index (χ0) is 11.8. The Hall–Kier alpha value is -1.34. The van der Waals surface area contributed by atoms with Gasteiger partial charge in [-0.25, -0.2) is 0 Å². The Labute approximate surface area is 102 Å². The summed E-state index contributed by atoms with van der Waals surface area (Å²) in [6.45, 7) is 2.10. The van der Waals surface area contributed by atoms with Crippen molar-refractivity contribution in [2.75, 3.05) is 0 Å². The van der Waals surface area contributed by atoms with E-state index in [9.17, 15) is 5.11 Å². The molecule has 0 heterocycles. The standard InChI is InChI=1S/C16H18O/c1-11-6-9-13-4-2-3-5-14(13)16(11)15(17)10-12-7-8-12/h2-6,9,12,15,17H,7-8,10H2,1H3. The third kappa shape index (κ3) is 2.07. The molecule has 1 N–H and O–H groups in total. The number of benzene rings is 2. The highest BCUT2D eigenvalue weighted by Crippen LogP contribution is 2.39. The summed E-state index contributed by atoms with van der Waals surface area (Å²) in [6.07, 6.45) is 3.21. The van der Waals surface area contributed by atoms with E-state index in [1.54, 1.807) is 0 Å². The van der Waals surface area contributed by atoms with Gasteiger partial charge in [0.2, 0.25) is 0 Å². The smallest absolute Gasteiger partial charge is 0.0801 e. The van der Waals surface area contributed by atoms with Crippen LogP contribution in [0.25, 0.3) is 10.8 Å². The monoisotopic (exact) mass is 226 g/mol. The number of aryl methyl sites for hydroxylation is 1. The van der Waals surface area contributed by atoms with Crippen LogP contribution in [0, 0.1) is 12.8 Å². The summed E-state index contributed by atoms with van der Waals surface area (Å²) < 4.78 is 0. The van der Waals surface area contributed by atoms with Crippen LogP contribution < -0.4 is 0 Å². The Morgan fingerprint density at radius 1 is 1.18 bits per heavy atom. The van der Waals surface area contributed by atoms with Gasteiger partial charge in [-0.05, 0) is 41.2 Å². The largest absolute Gasteiger partial charge is 0.388 e. The average Bonchev–Trinajstić information content (AvgIpc) is 3.12. The summed E-state index contributed by atoms with van der Waals surface area (Å²) in [4.78, 5) is 0. The number of fused-ring (bicyclic) bond motifs is 1. The van der Waals surface area contributed by atoms with E-state index in [-0.39, 0.29) is 6.10 Å². The summed E-state index contributed by atoms with van der Waals surface area (Å²) in [5.41, 5.74) is 2.34. The summed E-state index contributed by atoms with van der Waals surface area (Å²) in [7, 11) is 0. The van der Waals surface area contributed by atoms with Crippen molar-refractivity contribution in [1.82, 2.24) is 0 Å². The minimum atomic E-state index is -0.298. The van der Waals surface area contributed by atoms with Gasteiger partial charge in [0.1, 0.15) is 0 Å². The zero-order valence-corrected chi connectivity index (χ0v) is 10.2. The molecule has 0 radical (unpaired) electrons. The van der Waals surface area contributed by atoms with Gasteiger partial charge < -0.3 is 5.11 Å². The van der Waals surface area contributed by atoms with Crippen molar-refractivity contribution in [3.63, 3.8) is 0 Å². The van der Waals surface area contributed by atoms with Gasteiger partial charge in [0.15, 0.2) is 0 Å². The maximum atomic E-state index is 10.4. The van der Waals surface area contributed by atoms with Crippen molar-refractivity contribution in [3.8, 4) is 0 Å². The first kappa shape index (κ1) is 10.8. The van der Waals surface area contributed by atoms with E-state index in [2.05, 4.69) is 43.3 Å². The van der Waals surface area contributed by atoms with Gasteiger partial charge in [0.05, 0.1) is 6.10 Å². The van der Waals surface area contributed by atoms with Crippen molar-refractivity contribution in [2.24, 2.45) is 5.92 Å². The summed E-state index contributed by atoms with van der Waals surface area (Å²) in [5.74, 6) is 0.753. The van der Waals surface area contributed by atoms with E-state index in [4.69, 9.17) is 0 Å². The second kappa shape index (κ2) is 4.15. The molecule has 2 aromatic carbocycles. The molecule has 1 atom stereocenters. The van der Waals surface area contributed by atoms with Gasteiger partial charge in [-0.15, -0.1) is 0 Å². The molecule has 1 unspecified atom stereocenters. The third-order valence-corrected chi connectivity index (χ3v) is 3.78. The highest BCUT2D eigenvalue weighted by Gasteiger charge is 2.26. The molecule has 1 aliphatic rings. The van der Waals surface area contributed by atoms with Crippen LogP contribution in [-0.2, 0) is 0 Å². The Morgan fingerprint density at radius 2 is 1.94 bits per heavy atom. The van der Waals surface area contributed by atoms with E-state index in [1.807, 2.05) is 0 Å². The van der Waals surface area contributed by atoms with Crippen LogP contribution >= 0.6 is 0 Å². The average molecular weight is 226 g/mol. The predicted molar refractivity (Wildman–Crippen MR) is 71.0 cm³/mol. The molecule has 1 saturated carbocycles. The van der Waals surface area contributed by atoms with Crippen LogP contribution in [0.15, 0.2) is 36.4 Å². The van der Waals surface area contributed by atoms with Gasteiger partial charge in [-0.1, -0.05) is 49.2 Å². The van der Waals surface area contributed by atoms with Gasteiger partial charge in [0, 0.05) is 0 Å². The van der Waals surface area contributed by atoms with Crippen LogP contribution in [0.1, 0.15) is 36.5 Å². The van der Waals surface area contributed by atoms with E-state index < -0.39 is 0 Å². The fourth-order valence-corrected chi connectivity index (χ4v) is 2.63. The molecule has 1 heteroatoms. The van der Waals surface area contributed by atoms with E-state index in [1.165, 1.54) is 29.2 Å². The molecule has 0 spiro atoms. The Morgan fingerprint density at radius 3 is 2.71 bits per heavy atom. The first-order chi connectivity index (χ1) is 8.25. The number of aliphatic hydroxyl groups is 1. The minimum absolute atomic E-state index is 0.298. The van der Waals surface area contributed by atoms with Crippen LogP contribution in [0.3, 0.4) is 0 Å². The molecular weight excluding hydrogens is 208 g/mol. The molecule has 0 aromatic heterocycles. The summed E-state index contributed by atoms with van der Waals surface area (Å²) in [6, 6.07) is 12.6. The molecule has 2 aromatic rings. The van der Waals surface area contributed by atoms with Crippen LogP contribution in [0.5, 0.6) is 0 Å². The Kier molecular flexibility index (Phi) is 2.64. The summed E-state index contributed by atoms with van der Waals surface area (Å²) in [5, 5.41) is 12.8. The molecule has 1 fully saturated rings. The molecular formula is C16H18O. The van der Waals surface area contributed by atoms with Crippen molar-refractivity contribution >= 4 is 10.8 Å². The maximum Gasteiger partial charge on any atom is 0.0801 e. The lowest BCUT2D eigenvalue weighted by Crippen LogP contribution is -2.02. The van der Waals surface area contributed by atoms with Crippen LogP contribution in [0.2, 0.25) is 0 Å². The molecule has 17 heavy (non-hydrogen) atoms. The highest BCUT2D eigenvalue weighted by atomic mass is 16.3. The van der Waals surface area contributed by atoms with Gasteiger partial charge in [0.25, 0.3) is 0 Å². The molecule has 1 aliphatic carbocycles. The number of hydrogen-bond acceptors (Lipinski definition) is 1. The van der Waals surface area contributed by atoms with Gasteiger partial charge >= 0.3 is 0 Å². The Balaban J connectivity index is 2.08. The van der Waals surface area contributed by atoms with Crippen LogP contribution in [0.4, 0.5) is 0 Å². The quantitative estimate of drug-likeness (QED) is 0.839. The SMILES string of the molecule is Cc1ccc2ccccc2c1C(O)CC1CC1. The molecule has 0 saturated heterocycles. The predicted octanol–water partition coefficient (Wildman–Crippen LogP) is 3.98. The highest BCUT2D eigenvalue weighted by molar-refractivity contribution is 5.87. The molecule has 0 amide bonds. The number of rotatable bonds is 3.